The lowest BCUT2D eigenvalue weighted by atomic mass is 9.98. The van der Waals surface area contributed by atoms with Gasteiger partial charge in [-0.3, -0.25) is 4.90 Å². The Morgan fingerprint density at radius 1 is 1.05 bits per heavy atom. The van der Waals surface area contributed by atoms with Gasteiger partial charge in [-0.15, -0.1) is 0 Å². The molecule has 0 bridgehead atoms. The first-order chi connectivity index (χ1) is 10.3. The van der Waals surface area contributed by atoms with E-state index in [9.17, 15) is 10.2 Å². The zero-order valence-corrected chi connectivity index (χ0v) is 12.1. The quantitative estimate of drug-likeness (QED) is 0.803. The Hall–Kier alpha value is -1.62. The van der Waals surface area contributed by atoms with Crippen LogP contribution in [0.4, 0.5) is 0 Å². The number of phenols is 1. The van der Waals surface area contributed by atoms with Crippen molar-refractivity contribution in [3.63, 3.8) is 0 Å². The first-order valence-corrected chi connectivity index (χ1v) is 7.56. The topological polar surface area (TPSA) is 55.7 Å². The number of phenolic OH excluding ortho intramolecular Hbond substituents is 1. The fraction of sp³-hybridized carbons (Fsp3) is 0.412. The van der Waals surface area contributed by atoms with E-state index in [4.69, 9.17) is 0 Å². The molecule has 3 N–H and O–H groups in total. The normalized spacial score (nSPS) is 18.0. The van der Waals surface area contributed by atoms with Crippen molar-refractivity contribution in [2.45, 2.75) is 12.5 Å². The molecule has 1 heterocycles. The Bertz CT molecular complexity index is 609. The molecule has 1 aliphatic rings. The highest BCUT2D eigenvalue weighted by molar-refractivity contribution is 5.84. The molecule has 0 unspecified atom stereocenters. The molecule has 0 saturated carbocycles. The van der Waals surface area contributed by atoms with Crippen LogP contribution >= 0.6 is 0 Å². The van der Waals surface area contributed by atoms with E-state index >= 15 is 0 Å². The van der Waals surface area contributed by atoms with E-state index in [1.165, 1.54) is 5.56 Å². The maximum absolute atomic E-state index is 9.55. The fourth-order valence-corrected chi connectivity index (χ4v) is 3.14. The van der Waals surface area contributed by atoms with Crippen LogP contribution in [0.5, 0.6) is 5.75 Å². The Kier molecular flexibility index (Phi) is 4.39. The molecular formula is C17H22N2O2. The zero-order chi connectivity index (χ0) is 14.7. The number of nitrogens with one attached hydrogen (secondary N) is 1. The van der Waals surface area contributed by atoms with Crippen LogP contribution in [0.2, 0.25) is 0 Å². The molecule has 2 aromatic carbocycles. The summed E-state index contributed by atoms with van der Waals surface area (Å²) in [4.78, 5) is 2.44. The SMILES string of the molecule is OCC[C@H](c1ccc2cc(O)ccc2c1)N1CCNCC1. The van der Waals surface area contributed by atoms with Crippen molar-refractivity contribution >= 4 is 10.8 Å². The summed E-state index contributed by atoms with van der Waals surface area (Å²) in [6, 6.07) is 12.1. The lowest BCUT2D eigenvalue weighted by Gasteiger charge is -2.35. The van der Waals surface area contributed by atoms with E-state index in [0.29, 0.717) is 5.75 Å². The minimum Gasteiger partial charge on any atom is -0.508 e. The molecule has 4 nitrogen and oxygen atoms in total. The molecule has 0 aliphatic carbocycles. The number of aliphatic hydroxyl groups excluding tert-OH is 1. The average Bonchev–Trinajstić information content (AvgIpc) is 2.53. The van der Waals surface area contributed by atoms with Gasteiger partial charge in [-0.1, -0.05) is 18.2 Å². The van der Waals surface area contributed by atoms with Crippen LogP contribution in [-0.4, -0.2) is 47.9 Å². The second-order valence-electron chi connectivity index (χ2n) is 5.60. The summed E-state index contributed by atoms with van der Waals surface area (Å²) in [5, 5.41) is 24.5. The number of aromatic hydroxyl groups is 1. The molecule has 1 aliphatic heterocycles. The Labute approximate surface area is 125 Å². The molecule has 1 saturated heterocycles. The average molecular weight is 286 g/mol. The van der Waals surface area contributed by atoms with E-state index in [2.05, 4.69) is 28.4 Å². The third-order valence-corrected chi connectivity index (χ3v) is 4.23. The summed E-state index contributed by atoms with van der Waals surface area (Å²) in [5.41, 5.74) is 1.24. The summed E-state index contributed by atoms with van der Waals surface area (Å²) in [6.45, 7) is 4.23. The molecule has 112 valence electrons. The number of fused-ring (bicyclic) bond motifs is 1. The number of rotatable bonds is 4. The minimum atomic E-state index is 0.197. The summed E-state index contributed by atoms with van der Waals surface area (Å²) in [5.74, 6) is 0.296. The third kappa shape index (κ3) is 3.18. The molecule has 1 atom stereocenters. The highest BCUT2D eigenvalue weighted by Crippen LogP contribution is 2.28. The molecule has 0 amide bonds. The van der Waals surface area contributed by atoms with Crippen LogP contribution < -0.4 is 5.32 Å². The first-order valence-electron chi connectivity index (χ1n) is 7.56. The van der Waals surface area contributed by atoms with Crippen molar-refractivity contribution < 1.29 is 10.2 Å². The molecule has 4 heteroatoms. The summed E-state index contributed by atoms with van der Waals surface area (Å²) < 4.78 is 0. The van der Waals surface area contributed by atoms with Crippen LogP contribution in [0.15, 0.2) is 36.4 Å². The van der Waals surface area contributed by atoms with E-state index in [0.717, 1.165) is 43.4 Å². The van der Waals surface area contributed by atoms with Crippen molar-refractivity contribution in [2.24, 2.45) is 0 Å². The predicted molar refractivity (Wildman–Crippen MR) is 84.5 cm³/mol. The molecule has 0 radical (unpaired) electrons. The van der Waals surface area contributed by atoms with Gasteiger partial charge in [-0.2, -0.15) is 0 Å². The van der Waals surface area contributed by atoms with E-state index < -0.39 is 0 Å². The van der Waals surface area contributed by atoms with Gasteiger partial charge in [0.05, 0.1) is 0 Å². The van der Waals surface area contributed by atoms with Crippen LogP contribution in [0, 0.1) is 0 Å². The van der Waals surface area contributed by atoms with E-state index in [-0.39, 0.29) is 12.6 Å². The molecule has 0 aromatic heterocycles. The Balaban J connectivity index is 1.92. The number of nitrogens with zero attached hydrogens (tertiary/aromatic N) is 1. The van der Waals surface area contributed by atoms with Gasteiger partial charge in [-0.25, -0.2) is 0 Å². The Morgan fingerprint density at radius 3 is 2.52 bits per heavy atom. The van der Waals surface area contributed by atoms with Gasteiger partial charge in [0.15, 0.2) is 0 Å². The van der Waals surface area contributed by atoms with E-state index in [1.54, 1.807) is 12.1 Å². The number of piperazine rings is 1. The molecule has 3 rings (SSSR count). The highest BCUT2D eigenvalue weighted by atomic mass is 16.3. The maximum Gasteiger partial charge on any atom is 0.116 e. The van der Waals surface area contributed by atoms with Crippen molar-refractivity contribution in [1.82, 2.24) is 10.2 Å². The number of aliphatic hydroxyl groups is 1. The standard InChI is InChI=1S/C17H22N2O2/c20-10-5-17(19-8-6-18-7-9-19)15-2-1-14-12-16(21)4-3-13(14)11-15/h1-4,11-12,17-18,20-21H,5-10H2/t17-/m1/s1. The second kappa shape index (κ2) is 6.43. The van der Waals surface area contributed by atoms with Gasteiger partial charge >= 0.3 is 0 Å². The highest BCUT2D eigenvalue weighted by Gasteiger charge is 2.21. The third-order valence-electron chi connectivity index (χ3n) is 4.23. The smallest absolute Gasteiger partial charge is 0.116 e. The monoisotopic (exact) mass is 286 g/mol. The van der Waals surface area contributed by atoms with Crippen molar-refractivity contribution in [2.75, 3.05) is 32.8 Å². The van der Waals surface area contributed by atoms with Crippen molar-refractivity contribution in [3.05, 3.63) is 42.0 Å². The van der Waals surface area contributed by atoms with Gasteiger partial charge in [0.1, 0.15) is 5.75 Å². The summed E-state index contributed by atoms with van der Waals surface area (Å²) in [6.07, 6.45) is 0.754. The van der Waals surface area contributed by atoms with Gasteiger partial charge < -0.3 is 15.5 Å². The number of benzene rings is 2. The maximum atomic E-state index is 9.55. The molecule has 21 heavy (non-hydrogen) atoms. The van der Waals surface area contributed by atoms with Crippen LogP contribution in [-0.2, 0) is 0 Å². The van der Waals surface area contributed by atoms with E-state index in [1.807, 2.05) is 6.07 Å². The lowest BCUT2D eigenvalue weighted by Crippen LogP contribution is -2.45. The van der Waals surface area contributed by atoms with Crippen LogP contribution in [0.3, 0.4) is 0 Å². The van der Waals surface area contributed by atoms with Gasteiger partial charge in [0, 0.05) is 38.8 Å². The van der Waals surface area contributed by atoms with Gasteiger partial charge in [0.25, 0.3) is 0 Å². The number of hydrogen-bond donors (Lipinski definition) is 3. The summed E-state index contributed by atoms with van der Waals surface area (Å²) >= 11 is 0. The van der Waals surface area contributed by atoms with Crippen LogP contribution in [0.25, 0.3) is 10.8 Å². The molecule has 0 spiro atoms. The zero-order valence-electron chi connectivity index (χ0n) is 12.1. The number of hydrogen-bond acceptors (Lipinski definition) is 4. The molecule has 1 fully saturated rings. The van der Waals surface area contributed by atoms with Crippen molar-refractivity contribution in [1.29, 1.82) is 0 Å². The van der Waals surface area contributed by atoms with Gasteiger partial charge in [-0.05, 0) is 41.0 Å². The first kappa shape index (κ1) is 14.3. The van der Waals surface area contributed by atoms with Crippen molar-refractivity contribution in [3.8, 4) is 5.75 Å². The second-order valence-corrected chi connectivity index (χ2v) is 5.60. The summed E-state index contributed by atoms with van der Waals surface area (Å²) in [7, 11) is 0. The fourth-order valence-electron chi connectivity index (χ4n) is 3.14. The minimum absolute atomic E-state index is 0.197. The predicted octanol–water partition coefficient (Wildman–Crippen LogP) is 1.87. The Morgan fingerprint density at radius 2 is 1.76 bits per heavy atom. The molecular weight excluding hydrogens is 264 g/mol. The lowest BCUT2D eigenvalue weighted by molar-refractivity contribution is 0.141. The largest absolute Gasteiger partial charge is 0.508 e. The van der Waals surface area contributed by atoms with Crippen LogP contribution in [0.1, 0.15) is 18.0 Å². The van der Waals surface area contributed by atoms with Gasteiger partial charge in [0.2, 0.25) is 0 Å². The molecule has 2 aromatic rings.